The average molecular weight is 267 g/mol. The van der Waals surface area contributed by atoms with Crippen molar-refractivity contribution in [1.29, 1.82) is 0 Å². The minimum absolute atomic E-state index is 0.176. The molecule has 1 N–H and O–H groups in total. The molecule has 0 amide bonds. The standard InChI is InChI=1S/C13H12ClFN2O/c1-7-5-11(8(2)17-16-7)13(18)10-4-3-9(14)6-12(10)15/h3-6,13,18H,1-2H3. The Morgan fingerprint density at radius 3 is 2.56 bits per heavy atom. The van der Waals surface area contributed by atoms with E-state index in [1.165, 1.54) is 12.1 Å². The number of hydrogen-bond acceptors (Lipinski definition) is 3. The van der Waals surface area contributed by atoms with E-state index in [4.69, 9.17) is 11.6 Å². The van der Waals surface area contributed by atoms with Crippen molar-refractivity contribution < 1.29 is 9.50 Å². The molecular formula is C13H12ClFN2O. The van der Waals surface area contributed by atoms with Gasteiger partial charge in [-0.3, -0.25) is 0 Å². The van der Waals surface area contributed by atoms with Crippen LogP contribution in [0.4, 0.5) is 4.39 Å². The fourth-order valence-corrected chi connectivity index (χ4v) is 1.90. The Balaban J connectivity index is 2.47. The summed E-state index contributed by atoms with van der Waals surface area (Å²) in [5.41, 5.74) is 1.96. The van der Waals surface area contributed by atoms with Gasteiger partial charge in [0.25, 0.3) is 0 Å². The van der Waals surface area contributed by atoms with Crippen molar-refractivity contribution in [1.82, 2.24) is 10.2 Å². The number of halogens is 2. The highest BCUT2D eigenvalue weighted by molar-refractivity contribution is 6.30. The lowest BCUT2D eigenvalue weighted by Gasteiger charge is -2.14. The zero-order valence-corrected chi connectivity index (χ0v) is 10.7. The molecular weight excluding hydrogens is 255 g/mol. The Hall–Kier alpha value is -1.52. The molecule has 1 aromatic carbocycles. The zero-order chi connectivity index (χ0) is 13.3. The Morgan fingerprint density at radius 1 is 1.17 bits per heavy atom. The minimum Gasteiger partial charge on any atom is -0.383 e. The molecule has 1 atom stereocenters. The summed E-state index contributed by atoms with van der Waals surface area (Å²) in [6.45, 7) is 3.49. The van der Waals surface area contributed by atoms with Crippen molar-refractivity contribution in [2.24, 2.45) is 0 Å². The van der Waals surface area contributed by atoms with Gasteiger partial charge in [0.2, 0.25) is 0 Å². The summed E-state index contributed by atoms with van der Waals surface area (Å²) < 4.78 is 13.7. The molecule has 0 saturated carbocycles. The quantitative estimate of drug-likeness (QED) is 0.909. The van der Waals surface area contributed by atoms with Gasteiger partial charge in [-0.15, -0.1) is 0 Å². The van der Waals surface area contributed by atoms with Crippen LogP contribution in [-0.2, 0) is 0 Å². The summed E-state index contributed by atoms with van der Waals surface area (Å²) >= 11 is 5.68. The summed E-state index contributed by atoms with van der Waals surface area (Å²) in [5, 5.41) is 18.3. The number of aliphatic hydroxyl groups is 1. The molecule has 0 aliphatic heterocycles. The highest BCUT2D eigenvalue weighted by Gasteiger charge is 2.18. The number of aliphatic hydroxyl groups excluding tert-OH is 1. The molecule has 2 rings (SSSR count). The van der Waals surface area contributed by atoms with Crippen LogP contribution in [0.15, 0.2) is 24.3 Å². The van der Waals surface area contributed by atoms with Crippen molar-refractivity contribution in [2.75, 3.05) is 0 Å². The lowest BCUT2D eigenvalue weighted by atomic mass is 10.00. The van der Waals surface area contributed by atoms with Gasteiger partial charge in [-0.25, -0.2) is 4.39 Å². The van der Waals surface area contributed by atoms with E-state index in [1.807, 2.05) is 0 Å². The van der Waals surface area contributed by atoms with E-state index < -0.39 is 11.9 Å². The topological polar surface area (TPSA) is 46.0 Å². The molecule has 1 unspecified atom stereocenters. The predicted octanol–water partition coefficient (Wildman–Crippen LogP) is 2.97. The van der Waals surface area contributed by atoms with Crippen LogP contribution in [0.5, 0.6) is 0 Å². The Bertz CT molecular complexity index is 589. The fraction of sp³-hybridized carbons (Fsp3) is 0.231. The summed E-state index contributed by atoms with van der Waals surface area (Å²) in [7, 11) is 0. The van der Waals surface area contributed by atoms with Crippen molar-refractivity contribution in [3.8, 4) is 0 Å². The first-order valence-corrected chi connectivity index (χ1v) is 5.80. The SMILES string of the molecule is Cc1cc(C(O)c2ccc(Cl)cc2F)c(C)nn1. The number of nitrogens with zero attached hydrogens (tertiary/aromatic N) is 2. The lowest BCUT2D eigenvalue weighted by Crippen LogP contribution is -2.07. The van der Waals surface area contributed by atoms with Gasteiger partial charge in [-0.2, -0.15) is 10.2 Å². The lowest BCUT2D eigenvalue weighted by molar-refractivity contribution is 0.213. The smallest absolute Gasteiger partial charge is 0.130 e. The average Bonchev–Trinajstić information content (AvgIpc) is 2.31. The molecule has 0 aliphatic rings. The molecule has 2 aromatic rings. The van der Waals surface area contributed by atoms with Gasteiger partial charge in [0.05, 0.1) is 11.4 Å². The Kier molecular flexibility index (Phi) is 3.59. The van der Waals surface area contributed by atoms with E-state index in [0.717, 1.165) is 0 Å². The van der Waals surface area contributed by atoms with Gasteiger partial charge in [-0.1, -0.05) is 17.7 Å². The van der Waals surface area contributed by atoms with Gasteiger partial charge in [0.1, 0.15) is 11.9 Å². The third-order valence-electron chi connectivity index (χ3n) is 2.69. The van der Waals surface area contributed by atoms with Crippen LogP contribution >= 0.6 is 11.6 Å². The van der Waals surface area contributed by atoms with Crippen LogP contribution in [0.1, 0.15) is 28.6 Å². The first-order valence-electron chi connectivity index (χ1n) is 5.43. The second-order valence-electron chi connectivity index (χ2n) is 4.09. The van der Waals surface area contributed by atoms with Crippen LogP contribution in [-0.4, -0.2) is 15.3 Å². The van der Waals surface area contributed by atoms with Crippen molar-refractivity contribution in [3.63, 3.8) is 0 Å². The number of hydrogen-bond donors (Lipinski definition) is 1. The molecule has 1 heterocycles. The number of rotatable bonds is 2. The van der Waals surface area contributed by atoms with Crippen LogP contribution in [0.3, 0.4) is 0 Å². The molecule has 0 bridgehead atoms. The fourth-order valence-electron chi connectivity index (χ4n) is 1.74. The largest absolute Gasteiger partial charge is 0.383 e. The molecule has 94 valence electrons. The summed E-state index contributed by atoms with van der Waals surface area (Å²) in [4.78, 5) is 0. The van der Waals surface area contributed by atoms with E-state index in [1.54, 1.807) is 26.0 Å². The molecule has 1 aromatic heterocycles. The maximum absolute atomic E-state index is 13.7. The predicted molar refractivity (Wildman–Crippen MR) is 67.0 cm³/mol. The van der Waals surface area contributed by atoms with Crippen molar-refractivity contribution in [3.05, 3.63) is 57.6 Å². The van der Waals surface area contributed by atoms with E-state index in [-0.39, 0.29) is 5.56 Å². The maximum Gasteiger partial charge on any atom is 0.130 e. The zero-order valence-electron chi connectivity index (χ0n) is 9.98. The summed E-state index contributed by atoms with van der Waals surface area (Å²) in [6, 6.07) is 5.88. The minimum atomic E-state index is -1.07. The van der Waals surface area contributed by atoms with Gasteiger partial charge in [0, 0.05) is 16.1 Å². The Labute approximate surface area is 109 Å². The molecule has 5 heteroatoms. The first-order chi connectivity index (χ1) is 8.49. The third kappa shape index (κ3) is 2.49. The number of aryl methyl sites for hydroxylation is 2. The summed E-state index contributed by atoms with van der Waals surface area (Å²) in [6.07, 6.45) is -1.07. The second kappa shape index (κ2) is 5.00. The van der Waals surface area contributed by atoms with Crippen molar-refractivity contribution in [2.45, 2.75) is 20.0 Å². The van der Waals surface area contributed by atoms with Gasteiger partial charge >= 0.3 is 0 Å². The first kappa shape index (κ1) is 12.9. The highest BCUT2D eigenvalue weighted by atomic mass is 35.5. The summed E-state index contributed by atoms with van der Waals surface area (Å²) in [5.74, 6) is -0.538. The number of benzene rings is 1. The van der Waals surface area contributed by atoms with Gasteiger partial charge < -0.3 is 5.11 Å². The Morgan fingerprint density at radius 2 is 1.89 bits per heavy atom. The molecule has 18 heavy (non-hydrogen) atoms. The van der Waals surface area contributed by atoms with E-state index in [2.05, 4.69) is 10.2 Å². The van der Waals surface area contributed by atoms with Crippen LogP contribution < -0.4 is 0 Å². The van der Waals surface area contributed by atoms with Crippen molar-refractivity contribution >= 4 is 11.6 Å². The van der Waals surface area contributed by atoms with Gasteiger partial charge in [-0.05, 0) is 32.0 Å². The van der Waals surface area contributed by atoms with E-state index >= 15 is 0 Å². The highest BCUT2D eigenvalue weighted by Crippen LogP contribution is 2.27. The van der Waals surface area contributed by atoms with E-state index in [9.17, 15) is 9.50 Å². The van der Waals surface area contributed by atoms with E-state index in [0.29, 0.717) is 22.0 Å². The van der Waals surface area contributed by atoms with Gasteiger partial charge in [0.15, 0.2) is 0 Å². The monoisotopic (exact) mass is 266 g/mol. The molecule has 0 fully saturated rings. The molecule has 0 saturated heterocycles. The third-order valence-corrected chi connectivity index (χ3v) is 2.93. The molecule has 0 aliphatic carbocycles. The van der Waals surface area contributed by atoms with Crippen LogP contribution in [0.25, 0.3) is 0 Å². The number of aromatic nitrogens is 2. The molecule has 3 nitrogen and oxygen atoms in total. The van der Waals surface area contributed by atoms with Crippen LogP contribution in [0.2, 0.25) is 5.02 Å². The van der Waals surface area contributed by atoms with Crippen LogP contribution in [0, 0.1) is 19.7 Å². The second-order valence-corrected chi connectivity index (χ2v) is 4.53. The maximum atomic E-state index is 13.7. The molecule has 0 radical (unpaired) electrons. The normalized spacial score (nSPS) is 12.5. The molecule has 0 spiro atoms.